The van der Waals surface area contributed by atoms with Gasteiger partial charge in [0.25, 0.3) is 5.91 Å². The van der Waals surface area contributed by atoms with E-state index in [9.17, 15) is 9.59 Å². The van der Waals surface area contributed by atoms with Gasteiger partial charge in [0.15, 0.2) is 0 Å². The molecule has 0 saturated carbocycles. The van der Waals surface area contributed by atoms with Gasteiger partial charge >= 0.3 is 5.97 Å². The zero-order valence-corrected chi connectivity index (χ0v) is 12.2. The van der Waals surface area contributed by atoms with Gasteiger partial charge in [0, 0.05) is 5.56 Å². The summed E-state index contributed by atoms with van der Waals surface area (Å²) in [5, 5.41) is 11.4. The van der Waals surface area contributed by atoms with Crippen LogP contribution in [0.3, 0.4) is 0 Å². The maximum atomic E-state index is 12.1. The molecule has 2 N–H and O–H groups in total. The fourth-order valence-electron chi connectivity index (χ4n) is 1.80. The fraction of sp³-hybridized carbons (Fsp3) is 0.250. The lowest BCUT2D eigenvalue weighted by molar-refractivity contribution is 0.0660. The van der Waals surface area contributed by atoms with Gasteiger partial charge in [0.1, 0.15) is 11.5 Å². The third-order valence-corrected chi connectivity index (χ3v) is 2.86. The summed E-state index contributed by atoms with van der Waals surface area (Å²) in [6.45, 7) is 2.72. The summed E-state index contributed by atoms with van der Waals surface area (Å²) in [5.74, 6) is -0.558. The highest BCUT2D eigenvalue weighted by atomic mass is 16.5. The SMILES string of the molecule is CCCOc1cccc(C(=O)NCc2ccc(C(=O)O)o2)c1. The number of aromatic carboxylic acids is 1. The lowest BCUT2D eigenvalue weighted by Gasteiger charge is -2.07. The van der Waals surface area contributed by atoms with Crippen molar-refractivity contribution < 1.29 is 23.8 Å². The molecule has 1 aromatic carbocycles. The first-order valence-electron chi connectivity index (χ1n) is 6.93. The Morgan fingerprint density at radius 3 is 2.77 bits per heavy atom. The van der Waals surface area contributed by atoms with Gasteiger partial charge in [-0.3, -0.25) is 4.79 Å². The Morgan fingerprint density at radius 2 is 2.09 bits per heavy atom. The van der Waals surface area contributed by atoms with E-state index in [1.165, 1.54) is 12.1 Å². The van der Waals surface area contributed by atoms with Gasteiger partial charge in [0.05, 0.1) is 13.2 Å². The number of carboxylic acid groups (broad SMARTS) is 1. The van der Waals surface area contributed by atoms with Crippen molar-refractivity contribution in [3.8, 4) is 5.75 Å². The molecule has 0 aliphatic carbocycles. The first kappa shape index (κ1) is 15.6. The van der Waals surface area contributed by atoms with Crippen molar-refractivity contribution in [2.45, 2.75) is 19.9 Å². The number of nitrogens with one attached hydrogen (secondary N) is 1. The van der Waals surface area contributed by atoms with Crippen molar-refractivity contribution in [2.75, 3.05) is 6.61 Å². The van der Waals surface area contributed by atoms with E-state index in [4.69, 9.17) is 14.3 Å². The molecular weight excluding hydrogens is 286 g/mol. The van der Waals surface area contributed by atoms with Crippen LogP contribution in [-0.4, -0.2) is 23.6 Å². The molecule has 6 nitrogen and oxygen atoms in total. The van der Waals surface area contributed by atoms with Crippen LogP contribution in [0.25, 0.3) is 0 Å². The molecule has 1 aromatic heterocycles. The molecule has 22 heavy (non-hydrogen) atoms. The van der Waals surface area contributed by atoms with Gasteiger partial charge in [-0.1, -0.05) is 13.0 Å². The van der Waals surface area contributed by atoms with Crippen LogP contribution in [0.15, 0.2) is 40.8 Å². The number of carbonyl (C=O) groups is 2. The number of benzene rings is 1. The Balaban J connectivity index is 1.95. The Kier molecular flexibility index (Phi) is 5.19. The lowest BCUT2D eigenvalue weighted by Crippen LogP contribution is -2.22. The number of hydrogen-bond acceptors (Lipinski definition) is 4. The zero-order valence-electron chi connectivity index (χ0n) is 12.2. The summed E-state index contributed by atoms with van der Waals surface area (Å²) >= 11 is 0. The quantitative estimate of drug-likeness (QED) is 0.821. The summed E-state index contributed by atoms with van der Waals surface area (Å²) in [7, 11) is 0. The second kappa shape index (κ2) is 7.31. The molecule has 0 aliphatic rings. The van der Waals surface area contributed by atoms with Gasteiger partial charge in [-0.15, -0.1) is 0 Å². The number of ether oxygens (including phenoxy) is 1. The number of hydrogen-bond donors (Lipinski definition) is 2. The summed E-state index contributed by atoms with van der Waals surface area (Å²) in [5.41, 5.74) is 0.471. The molecule has 0 unspecified atom stereocenters. The Morgan fingerprint density at radius 1 is 1.27 bits per heavy atom. The standard InChI is InChI=1S/C16H17NO5/c1-2-8-21-12-5-3-4-11(9-12)15(18)17-10-13-6-7-14(22-13)16(19)20/h3-7,9H,2,8,10H2,1H3,(H,17,18)(H,19,20). The topological polar surface area (TPSA) is 88.8 Å². The highest BCUT2D eigenvalue weighted by Crippen LogP contribution is 2.14. The maximum absolute atomic E-state index is 12.1. The van der Waals surface area contributed by atoms with Gasteiger partial charge in [-0.05, 0) is 36.8 Å². The van der Waals surface area contributed by atoms with Crippen molar-refractivity contribution in [3.05, 3.63) is 53.5 Å². The molecule has 0 saturated heterocycles. The van der Waals surface area contributed by atoms with Gasteiger partial charge in [-0.2, -0.15) is 0 Å². The van der Waals surface area contributed by atoms with Crippen LogP contribution in [0.2, 0.25) is 0 Å². The largest absolute Gasteiger partial charge is 0.494 e. The van der Waals surface area contributed by atoms with E-state index >= 15 is 0 Å². The van der Waals surface area contributed by atoms with E-state index < -0.39 is 5.97 Å². The molecule has 0 spiro atoms. The average Bonchev–Trinajstić information content (AvgIpc) is 3.00. The molecule has 0 bridgehead atoms. The molecule has 6 heteroatoms. The Hall–Kier alpha value is -2.76. The third kappa shape index (κ3) is 4.12. The summed E-state index contributed by atoms with van der Waals surface area (Å²) in [6, 6.07) is 9.75. The van der Waals surface area contributed by atoms with Crippen molar-refractivity contribution in [1.29, 1.82) is 0 Å². The summed E-state index contributed by atoms with van der Waals surface area (Å²) < 4.78 is 10.5. The second-order valence-electron chi connectivity index (χ2n) is 4.63. The van der Waals surface area contributed by atoms with Gasteiger partial charge in [0.2, 0.25) is 5.76 Å². The minimum Gasteiger partial charge on any atom is -0.494 e. The maximum Gasteiger partial charge on any atom is 0.371 e. The minimum absolute atomic E-state index is 0.117. The molecule has 116 valence electrons. The summed E-state index contributed by atoms with van der Waals surface area (Å²) in [4.78, 5) is 22.8. The predicted molar refractivity (Wildman–Crippen MR) is 79.1 cm³/mol. The van der Waals surface area contributed by atoms with Crippen molar-refractivity contribution in [2.24, 2.45) is 0 Å². The number of carbonyl (C=O) groups excluding carboxylic acids is 1. The average molecular weight is 303 g/mol. The fourth-order valence-corrected chi connectivity index (χ4v) is 1.80. The molecule has 0 radical (unpaired) electrons. The van der Waals surface area contributed by atoms with Crippen molar-refractivity contribution in [3.63, 3.8) is 0 Å². The van der Waals surface area contributed by atoms with Crippen LogP contribution in [0.1, 0.15) is 40.0 Å². The summed E-state index contributed by atoms with van der Waals surface area (Å²) in [6.07, 6.45) is 0.890. The minimum atomic E-state index is -1.14. The molecule has 0 atom stereocenters. The molecule has 1 amide bonds. The molecule has 0 fully saturated rings. The predicted octanol–water partition coefficient (Wildman–Crippen LogP) is 2.70. The van der Waals surface area contributed by atoms with E-state index in [-0.39, 0.29) is 18.2 Å². The van der Waals surface area contributed by atoms with Gasteiger partial charge < -0.3 is 19.6 Å². The monoisotopic (exact) mass is 303 g/mol. The first-order valence-corrected chi connectivity index (χ1v) is 6.93. The van der Waals surface area contributed by atoms with E-state index in [2.05, 4.69) is 5.32 Å². The lowest BCUT2D eigenvalue weighted by atomic mass is 10.2. The Bertz CT molecular complexity index is 662. The first-order chi connectivity index (χ1) is 10.6. The Labute approximate surface area is 127 Å². The third-order valence-electron chi connectivity index (χ3n) is 2.86. The number of furan rings is 1. The second-order valence-corrected chi connectivity index (χ2v) is 4.63. The van der Waals surface area contributed by atoms with E-state index in [0.29, 0.717) is 23.7 Å². The molecule has 1 heterocycles. The molecular formula is C16H17NO5. The van der Waals surface area contributed by atoms with Gasteiger partial charge in [-0.25, -0.2) is 4.79 Å². The molecule has 2 aromatic rings. The van der Waals surface area contributed by atoms with E-state index in [1.54, 1.807) is 24.3 Å². The van der Waals surface area contributed by atoms with E-state index in [0.717, 1.165) is 6.42 Å². The van der Waals surface area contributed by atoms with E-state index in [1.807, 2.05) is 6.92 Å². The van der Waals surface area contributed by atoms with Crippen molar-refractivity contribution >= 4 is 11.9 Å². The number of carboxylic acids is 1. The number of rotatable bonds is 7. The van der Waals surface area contributed by atoms with Crippen LogP contribution < -0.4 is 10.1 Å². The highest BCUT2D eigenvalue weighted by molar-refractivity contribution is 5.94. The highest BCUT2D eigenvalue weighted by Gasteiger charge is 2.11. The molecule has 2 rings (SSSR count). The normalized spacial score (nSPS) is 10.2. The zero-order chi connectivity index (χ0) is 15.9. The smallest absolute Gasteiger partial charge is 0.371 e. The van der Waals surface area contributed by atoms with Crippen LogP contribution in [0.5, 0.6) is 5.75 Å². The number of amides is 1. The van der Waals surface area contributed by atoms with Crippen LogP contribution >= 0.6 is 0 Å². The van der Waals surface area contributed by atoms with Crippen molar-refractivity contribution in [1.82, 2.24) is 5.32 Å². The van der Waals surface area contributed by atoms with Crippen LogP contribution in [0, 0.1) is 0 Å². The van der Waals surface area contributed by atoms with Crippen LogP contribution in [-0.2, 0) is 6.54 Å². The molecule has 0 aliphatic heterocycles. The van der Waals surface area contributed by atoms with Crippen LogP contribution in [0.4, 0.5) is 0 Å².